The molecule has 27 heavy (non-hydrogen) atoms. The number of carbonyl (C=O) groups excluding carboxylic acids is 3. The van der Waals surface area contributed by atoms with Gasteiger partial charge in [0.05, 0.1) is 13.7 Å². The standard InChI is InChI=1S/C20H29N3O4/c1-14(2)18(20(26)27-5)22(4)17(24)13-21(3)19(25)16-12-23(16)11-15-9-7-6-8-10-15/h6-10,14,16,18H,11-13H2,1-5H3/t16?,18?,23-/m0/s1. The Bertz CT molecular complexity index is 677. The first-order valence-corrected chi connectivity index (χ1v) is 9.12. The van der Waals surface area contributed by atoms with E-state index in [1.54, 1.807) is 14.1 Å². The van der Waals surface area contributed by atoms with E-state index in [-0.39, 0.29) is 30.3 Å². The predicted molar refractivity (Wildman–Crippen MR) is 102 cm³/mol. The Balaban J connectivity index is 1.88. The summed E-state index contributed by atoms with van der Waals surface area (Å²) in [6.45, 7) is 5.05. The normalized spacial score (nSPS) is 19.3. The number of methoxy groups -OCH3 is 1. The molecule has 148 valence electrons. The van der Waals surface area contributed by atoms with Crippen molar-refractivity contribution in [3.8, 4) is 0 Å². The summed E-state index contributed by atoms with van der Waals surface area (Å²) in [6.07, 6.45) is 0. The minimum absolute atomic E-state index is 0.0643. The SMILES string of the molecule is COC(=O)C(C(C)C)N(C)C(=O)CN(C)C(=O)C1C[N@]1Cc1ccccc1. The molecule has 0 radical (unpaired) electrons. The van der Waals surface area contributed by atoms with Crippen molar-refractivity contribution in [2.45, 2.75) is 32.5 Å². The molecule has 2 amide bonds. The Morgan fingerprint density at radius 1 is 1.19 bits per heavy atom. The van der Waals surface area contributed by atoms with E-state index in [4.69, 9.17) is 4.74 Å². The summed E-state index contributed by atoms with van der Waals surface area (Å²) >= 11 is 0. The molecule has 0 aromatic heterocycles. The molecule has 0 N–H and O–H groups in total. The van der Waals surface area contributed by atoms with Gasteiger partial charge in [0.25, 0.3) is 0 Å². The van der Waals surface area contributed by atoms with Crippen molar-refractivity contribution in [3.05, 3.63) is 35.9 Å². The lowest BCUT2D eigenvalue weighted by Gasteiger charge is -2.30. The van der Waals surface area contributed by atoms with Gasteiger partial charge in [0.1, 0.15) is 12.1 Å². The van der Waals surface area contributed by atoms with Crippen LogP contribution in [0.1, 0.15) is 19.4 Å². The molecule has 1 aliphatic rings. The summed E-state index contributed by atoms with van der Waals surface area (Å²) in [6, 6.07) is 9.12. The third kappa shape index (κ3) is 5.29. The van der Waals surface area contributed by atoms with Crippen LogP contribution < -0.4 is 0 Å². The van der Waals surface area contributed by atoms with Gasteiger partial charge in [0.2, 0.25) is 11.8 Å². The first-order valence-electron chi connectivity index (χ1n) is 9.12. The van der Waals surface area contributed by atoms with Gasteiger partial charge < -0.3 is 14.5 Å². The van der Waals surface area contributed by atoms with Crippen LogP contribution in [0, 0.1) is 5.92 Å². The lowest BCUT2D eigenvalue weighted by molar-refractivity contribution is -0.154. The Hall–Kier alpha value is -2.41. The van der Waals surface area contributed by atoms with E-state index in [1.807, 2.05) is 44.2 Å². The number of nitrogens with zero attached hydrogens (tertiary/aromatic N) is 3. The van der Waals surface area contributed by atoms with E-state index in [0.717, 1.165) is 12.1 Å². The molecule has 7 nitrogen and oxygen atoms in total. The van der Waals surface area contributed by atoms with Crippen LogP contribution in [0.15, 0.2) is 30.3 Å². The van der Waals surface area contributed by atoms with Crippen LogP contribution in [0.3, 0.4) is 0 Å². The summed E-state index contributed by atoms with van der Waals surface area (Å²) in [5.74, 6) is -0.902. The highest BCUT2D eigenvalue weighted by molar-refractivity contribution is 5.90. The second kappa shape index (κ2) is 8.99. The predicted octanol–water partition coefficient (Wildman–Crippen LogP) is 0.985. The molecule has 1 fully saturated rings. The maximum absolute atomic E-state index is 12.6. The van der Waals surface area contributed by atoms with E-state index in [1.165, 1.54) is 16.9 Å². The number of likely N-dealkylation sites (N-methyl/N-ethyl adjacent to an activating group) is 2. The van der Waals surface area contributed by atoms with E-state index in [9.17, 15) is 14.4 Å². The molecule has 3 atom stereocenters. The average Bonchev–Trinajstić information content (AvgIpc) is 3.40. The molecule has 1 aromatic carbocycles. The van der Waals surface area contributed by atoms with Crippen molar-refractivity contribution in [3.63, 3.8) is 0 Å². The van der Waals surface area contributed by atoms with Gasteiger partial charge in [-0.2, -0.15) is 0 Å². The molecule has 0 aliphatic carbocycles. The fraction of sp³-hybridized carbons (Fsp3) is 0.550. The average molecular weight is 375 g/mol. The van der Waals surface area contributed by atoms with Crippen molar-refractivity contribution in [2.24, 2.45) is 5.92 Å². The Labute approximate surface area is 160 Å². The first kappa shape index (κ1) is 20.9. The van der Waals surface area contributed by atoms with Crippen LogP contribution in [-0.4, -0.2) is 78.9 Å². The van der Waals surface area contributed by atoms with Gasteiger partial charge in [0, 0.05) is 27.2 Å². The van der Waals surface area contributed by atoms with Crippen molar-refractivity contribution in [1.82, 2.24) is 14.7 Å². The maximum atomic E-state index is 12.6. The number of rotatable bonds is 8. The molecule has 1 aromatic rings. The Morgan fingerprint density at radius 2 is 1.81 bits per heavy atom. The number of carbonyl (C=O) groups is 3. The third-order valence-corrected chi connectivity index (χ3v) is 4.86. The number of benzene rings is 1. The van der Waals surface area contributed by atoms with Gasteiger partial charge in [0.15, 0.2) is 0 Å². The van der Waals surface area contributed by atoms with Gasteiger partial charge >= 0.3 is 5.97 Å². The molecule has 2 unspecified atom stereocenters. The number of hydrogen-bond donors (Lipinski definition) is 0. The topological polar surface area (TPSA) is 69.9 Å². The van der Waals surface area contributed by atoms with Crippen molar-refractivity contribution in [1.29, 1.82) is 0 Å². The molecular formula is C20H29N3O4. The summed E-state index contributed by atoms with van der Waals surface area (Å²) in [5.41, 5.74) is 1.16. The molecule has 1 aliphatic heterocycles. The zero-order valence-corrected chi connectivity index (χ0v) is 16.7. The Kier molecular flexibility index (Phi) is 6.96. The second-order valence-corrected chi connectivity index (χ2v) is 7.34. The monoisotopic (exact) mass is 375 g/mol. The zero-order chi connectivity index (χ0) is 20.1. The zero-order valence-electron chi connectivity index (χ0n) is 16.7. The van der Waals surface area contributed by atoms with Crippen molar-refractivity contribution < 1.29 is 19.1 Å². The van der Waals surface area contributed by atoms with Gasteiger partial charge in [-0.05, 0) is 11.5 Å². The number of ether oxygens (including phenoxy) is 1. The number of amides is 2. The van der Waals surface area contributed by atoms with E-state index < -0.39 is 12.0 Å². The van der Waals surface area contributed by atoms with E-state index in [0.29, 0.717) is 6.54 Å². The van der Waals surface area contributed by atoms with E-state index >= 15 is 0 Å². The molecule has 0 bridgehead atoms. The van der Waals surface area contributed by atoms with Crippen molar-refractivity contribution >= 4 is 17.8 Å². The van der Waals surface area contributed by atoms with Gasteiger partial charge in [-0.25, -0.2) is 4.79 Å². The second-order valence-electron chi connectivity index (χ2n) is 7.34. The van der Waals surface area contributed by atoms with Crippen LogP contribution in [-0.2, 0) is 25.7 Å². The first-order chi connectivity index (χ1) is 12.8. The summed E-state index contributed by atoms with van der Waals surface area (Å²) in [4.78, 5) is 41.9. The highest BCUT2D eigenvalue weighted by Crippen LogP contribution is 2.23. The van der Waals surface area contributed by atoms with Gasteiger partial charge in [-0.1, -0.05) is 44.2 Å². The number of esters is 1. The van der Waals surface area contributed by atoms with Crippen LogP contribution in [0.4, 0.5) is 0 Å². The van der Waals surface area contributed by atoms with Gasteiger partial charge in [-0.3, -0.25) is 14.5 Å². The van der Waals surface area contributed by atoms with Crippen molar-refractivity contribution in [2.75, 3.05) is 34.3 Å². The van der Waals surface area contributed by atoms with Crippen LogP contribution in [0.5, 0.6) is 0 Å². The highest BCUT2D eigenvalue weighted by Gasteiger charge is 2.42. The van der Waals surface area contributed by atoms with Crippen LogP contribution in [0.2, 0.25) is 0 Å². The molecule has 2 rings (SSSR count). The molecule has 7 heteroatoms. The van der Waals surface area contributed by atoms with Gasteiger partial charge in [-0.15, -0.1) is 0 Å². The molecule has 0 spiro atoms. The summed E-state index contributed by atoms with van der Waals surface area (Å²) < 4.78 is 4.80. The minimum atomic E-state index is -0.665. The summed E-state index contributed by atoms with van der Waals surface area (Å²) in [7, 11) is 4.50. The van der Waals surface area contributed by atoms with E-state index in [2.05, 4.69) is 4.90 Å². The smallest absolute Gasteiger partial charge is 0.328 e. The molecule has 0 saturated carbocycles. The maximum Gasteiger partial charge on any atom is 0.328 e. The van der Waals surface area contributed by atoms with Crippen LogP contribution >= 0.6 is 0 Å². The molecular weight excluding hydrogens is 346 g/mol. The quantitative estimate of drug-likeness (QED) is 0.501. The van der Waals surface area contributed by atoms with Crippen LogP contribution in [0.25, 0.3) is 0 Å². The Morgan fingerprint density at radius 3 is 2.37 bits per heavy atom. The largest absolute Gasteiger partial charge is 0.467 e. The summed E-state index contributed by atoms with van der Waals surface area (Å²) in [5, 5.41) is 0. The fourth-order valence-electron chi connectivity index (χ4n) is 3.20. The molecule has 1 saturated heterocycles. The third-order valence-electron chi connectivity index (χ3n) is 4.86. The minimum Gasteiger partial charge on any atom is -0.467 e. The highest BCUT2D eigenvalue weighted by atomic mass is 16.5. The lowest BCUT2D eigenvalue weighted by atomic mass is 10.0. The number of hydrogen-bond acceptors (Lipinski definition) is 5. The molecule has 1 heterocycles. The lowest BCUT2D eigenvalue weighted by Crippen LogP contribution is -2.50. The fourth-order valence-corrected chi connectivity index (χ4v) is 3.20.